The molecule has 6 heteroatoms. The number of nitrogens with zero attached hydrogens (tertiary/aromatic N) is 3. The SMILES string of the molecule is CCOc1cccc2c1cc(C(=O)N1CCN(CC)CC1)n2CC1CCCCO1. The lowest BCUT2D eigenvalue weighted by Gasteiger charge is -2.34. The van der Waals surface area contributed by atoms with Crippen molar-refractivity contribution < 1.29 is 14.3 Å². The van der Waals surface area contributed by atoms with E-state index in [1.807, 2.05) is 30.0 Å². The standard InChI is InChI=1S/C23H33N3O3/c1-3-24-11-13-25(14-12-24)23(27)21-16-19-20(9-7-10-22(19)28-4-2)26(21)17-18-8-5-6-15-29-18/h7,9-10,16,18H,3-6,8,11-15,17H2,1-2H3. The molecule has 2 saturated heterocycles. The van der Waals surface area contributed by atoms with Crippen LogP contribution in [0.25, 0.3) is 10.9 Å². The summed E-state index contributed by atoms with van der Waals surface area (Å²) in [6.45, 7) is 10.8. The van der Waals surface area contributed by atoms with Crippen molar-refractivity contribution in [3.8, 4) is 5.75 Å². The molecule has 29 heavy (non-hydrogen) atoms. The Morgan fingerprint density at radius 3 is 2.69 bits per heavy atom. The zero-order chi connectivity index (χ0) is 20.2. The summed E-state index contributed by atoms with van der Waals surface area (Å²) in [6, 6.07) is 8.12. The maximum Gasteiger partial charge on any atom is 0.270 e. The largest absolute Gasteiger partial charge is 0.493 e. The second-order valence-electron chi connectivity index (χ2n) is 7.98. The summed E-state index contributed by atoms with van der Waals surface area (Å²) in [5.41, 5.74) is 1.81. The van der Waals surface area contributed by atoms with E-state index >= 15 is 0 Å². The monoisotopic (exact) mass is 399 g/mol. The van der Waals surface area contributed by atoms with Gasteiger partial charge in [-0.05, 0) is 50.9 Å². The first-order chi connectivity index (χ1) is 14.2. The van der Waals surface area contributed by atoms with Gasteiger partial charge >= 0.3 is 0 Å². The highest BCUT2D eigenvalue weighted by molar-refractivity contribution is 6.00. The molecule has 1 unspecified atom stereocenters. The van der Waals surface area contributed by atoms with E-state index in [0.717, 1.165) is 81.1 Å². The molecule has 2 aromatic rings. The Hall–Kier alpha value is -2.05. The van der Waals surface area contributed by atoms with Crippen molar-refractivity contribution in [3.63, 3.8) is 0 Å². The van der Waals surface area contributed by atoms with Crippen LogP contribution < -0.4 is 4.74 Å². The van der Waals surface area contributed by atoms with Crippen LogP contribution in [0.3, 0.4) is 0 Å². The van der Waals surface area contributed by atoms with Crippen LogP contribution in [0.1, 0.15) is 43.6 Å². The maximum atomic E-state index is 13.5. The molecule has 0 radical (unpaired) electrons. The van der Waals surface area contributed by atoms with Crippen molar-refractivity contribution in [3.05, 3.63) is 30.0 Å². The minimum absolute atomic E-state index is 0.121. The lowest BCUT2D eigenvalue weighted by molar-refractivity contribution is 0.00611. The smallest absolute Gasteiger partial charge is 0.270 e. The molecule has 0 saturated carbocycles. The number of carbonyl (C=O) groups is 1. The fourth-order valence-corrected chi connectivity index (χ4v) is 4.50. The number of amides is 1. The zero-order valence-corrected chi connectivity index (χ0v) is 17.7. The average molecular weight is 400 g/mol. The summed E-state index contributed by atoms with van der Waals surface area (Å²) >= 11 is 0. The van der Waals surface area contributed by atoms with Crippen LogP contribution in [0.5, 0.6) is 5.75 Å². The highest BCUT2D eigenvalue weighted by Gasteiger charge is 2.27. The first-order valence-electron chi connectivity index (χ1n) is 11.1. The lowest BCUT2D eigenvalue weighted by atomic mass is 10.1. The van der Waals surface area contributed by atoms with Gasteiger partial charge in [0.15, 0.2) is 0 Å². The van der Waals surface area contributed by atoms with Gasteiger partial charge in [-0.2, -0.15) is 0 Å². The van der Waals surface area contributed by atoms with Gasteiger partial charge in [0.05, 0.1) is 18.2 Å². The number of carbonyl (C=O) groups excluding carboxylic acids is 1. The van der Waals surface area contributed by atoms with Crippen molar-refractivity contribution in [2.24, 2.45) is 0 Å². The summed E-state index contributed by atoms with van der Waals surface area (Å²) in [7, 11) is 0. The zero-order valence-electron chi connectivity index (χ0n) is 17.7. The molecular formula is C23H33N3O3. The van der Waals surface area contributed by atoms with Gasteiger partial charge in [0.25, 0.3) is 5.91 Å². The molecule has 158 valence electrons. The average Bonchev–Trinajstić information content (AvgIpc) is 3.13. The van der Waals surface area contributed by atoms with Crippen molar-refractivity contribution in [2.75, 3.05) is 45.9 Å². The molecule has 2 aliphatic rings. The number of ether oxygens (including phenoxy) is 2. The number of hydrogen-bond donors (Lipinski definition) is 0. The number of rotatable bonds is 6. The quantitative estimate of drug-likeness (QED) is 0.747. The molecule has 1 amide bonds. The normalized spacial score (nSPS) is 20.9. The molecule has 3 heterocycles. The van der Waals surface area contributed by atoms with E-state index in [0.29, 0.717) is 6.61 Å². The van der Waals surface area contributed by atoms with Crippen LogP contribution in [-0.2, 0) is 11.3 Å². The topological polar surface area (TPSA) is 46.9 Å². The Labute approximate surface area is 173 Å². The van der Waals surface area contributed by atoms with Gasteiger partial charge in [-0.15, -0.1) is 0 Å². The Kier molecular flexibility index (Phi) is 6.40. The Bertz CT molecular complexity index is 833. The van der Waals surface area contributed by atoms with Gasteiger partial charge in [-0.3, -0.25) is 4.79 Å². The van der Waals surface area contributed by atoms with Gasteiger partial charge in [-0.1, -0.05) is 13.0 Å². The number of likely N-dealkylation sites (N-methyl/N-ethyl adjacent to an activating group) is 1. The predicted octanol–water partition coefficient (Wildman–Crippen LogP) is 3.39. The summed E-state index contributed by atoms with van der Waals surface area (Å²) < 4.78 is 14.0. The van der Waals surface area contributed by atoms with E-state index in [-0.39, 0.29) is 12.0 Å². The van der Waals surface area contributed by atoms with Gasteiger partial charge < -0.3 is 23.8 Å². The Balaban J connectivity index is 1.68. The van der Waals surface area contributed by atoms with E-state index in [4.69, 9.17) is 9.47 Å². The molecule has 0 bridgehead atoms. The molecular weight excluding hydrogens is 366 g/mol. The Morgan fingerprint density at radius 1 is 1.17 bits per heavy atom. The number of fused-ring (bicyclic) bond motifs is 1. The van der Waals surface area contributed by atoms with Gasteiger partial charge in [-0.25, -0.2) is 0 Å². The number of aromatic nitrogens is 1. The molecule has 1 aromatic heterocycles. The lowest BCUT2D eigenvalue weighted by Crippen LogP contribution is -2.48. The van der Waals surface area contributed by atoms with E-state index in [1.54, 1.807) is 0 Å². The molecule has 1 atom stereocenters. The number of piperazine rings is 1. The van der Waals surface area contributed by atoms with Crippen LogP contribution in [-0.4, -0.2) is 72.3 Å². The third-order valence-electron chi connectivity index (χ3n) is 6.19. The van der Waals surface area contributed by atoms with Gasteiger partial charge in [0.1, 0.15) is 11.4 Å². The number of hydrogen-bond acceptors (Lipinski definition) is 4. The number of benzene rings is 1. The van der Waals surface area contributed by atoms with Crippen LogP contribution in [0.4, 0.5) is 0 Å². The molecule has 2 fully saturated rings. The third kappa shape index (κ3) is 4.28. The summed E-state index contributed by atoms with van der Waals surface area (Å²) in [4.78, 5) is 17.9. The maximum absolute atomic E-state index is 13.5. The second kappa shape index (κ2) is 9.18. The molecule has 1 aromatic carbocycles. The predicted molar refractivity (Wildman–Crippen MR) is 115 cm³/mol. The van der Waals surface area contributed by atoms with Gasteiger partial charge in [0, 0.05) is 44.7 Å². The summed E-state index contributed by atoms with van der Waals surface area (Å²) in [5, 5.41) is 1.01. The summed E-state index contributed by atoms with van der Waals surface area (Å²) in [6.07, 6.45) is 3.54. The highest BCUT2D eigenvalue weighted by Crippen LogP contribution is 2.31. The first-order valence-corrected chi connectivity index (χ1v) is 11.1. The molecule has 4 rings (SSSR count). The van der Waals surface area contributed by atoms with E-state index in [9.17, 15) is 4.79 Å². The molecule has 0 aliphatic carbocycles. The van der Waals surface area contributed by atoms with E-state index in [1.165, 1.54) is 6.42 Å². The fourth-order valence-electron chi connectivity index (χ4n) is 4.50. The molecule has 0 N–H and O–H groups in total. The fraction of sp³-hybridized carbons (Fsp3) is 0.609. The van der Waals surface area contributed by atoms with Crippen molar-refractivity contribution >= 4 is 16.8 Å². The first kappa shape index (κ1) is 20.2. The summed E-state index contributed by atoms with van der Waals surface area (Å²) in [5.74, 6) is 0.966. The Morgan fingerprint density at radius 2 is 2.00 bits per heavy atom. The minimum Gasteiger partial charge on any atom is -0.493 e. The van der Waals surface area contributed by atoms with Gasteiger partial charge in [0.2, 0.25) is 0 Å². The van der Waals surface area contributed by atoms with Crippen LogP contribution in [0, 0.1) is 0 Å². The van der Waals surface area contributed by atoms with Crippen LogP contribution >= 0.6 is 0 Å². The van der Waals surface area contributed by atoms with Crippen molar-refractivity contribution in [1.29, 1.82) is 0 Å². The molecule has 6 nitrogen and oxygen atoms in total. The highest BCUT2D eigenvalue weighted by atomic mass is 16.5. The van der Waals surface area contributed by atoms with Crippen molar-refractivity contribution in [2.45, 2.75) is 45.8 Å². The van der Waals surface area contributed by atoms with E-state index in [2.05, 4.69) is 22.5 Å². The molecule has 0 spiro atoms. The second-order valence-corrected chi connectivity index (χ2v) is 7.98. The van der Waals surface area contributed by atoms with Crippen LogP contribution in [0.2, 0.25) is 0 Å². The van der Waals surface area contributed by atoms with E-state index < -0.39 is 0 Å². The third-order valence-corrected chi connectivity index (χ3v) is 6.19. The minimum atomic E-state index is 0.121. The molecule has 2 aliphatic heterocycles. The van der Waals surface area contributed by atoms with Crippen LogP contribution in [0.15, 0.2) is 24.3 Å². The van der Waals surface area contributed by atoms with Crippen molar-refractivity contribution in [1.82, 2.24) is 14.4 Å².